The van der Waals surface area contributed by atoms with Crippen LogP contribution >= 0.6 is 0 Å². The van der Waals surface area contributed by atoms with E-state index in [1.807, 2.05) is 26.0 Å². The Labute approximate surface area is 141 Å². The largest absolute Gasteiger partial charge is 0.508 e. The van der Waals surface area contributed by atoms with Gasteiger partial charge in [-0.05, 0) is 38.0 Å². The van der Waals surface area contributed by atoms with E-state index in [4.69, 9.17) is 9.47 Å². The topological polar surface area (TPSA) is 58.9 Å². The van der Waals surface area contributed by atoms with Crippen molar-refractivity contribution in [2.75, 3.05) is 6.61 Å². The number of ether oxygens (including phenoxy) is 2. The second-order valence-corrected chi connectivity index (χ2v) is 6.68. The molecule has 4 nitrogen and oxygen atoms in total. The lowest BCUT2D eigenvalue weighted by Crippen LogP contribution is -2.23. The summed E-state index contributed by atoms with van der Waals surface area (Å²) in [5.74, 6) is 1.93. The molecule has 2 atom stereocenters. The average molecular weight is 324 g/mol. The highest BCUT2D eigenvalue weighted by atomic mass is 16.5. The van der Waals surface area contributed by atoms with Crippen molar-refractivity contribution in [2.45, 2.75) is 32.3 Å². The maximum Gasteiger partial charge on any atom is 0.138 e. The summed E-state index contributed by atoms with van der Waals surface area (Å²) in [4.78, 5) is 0. The van der Waals surface area contributed by atoms with Crippen molar-refractivity contribution in [1.82, 2.24) is 0 Å². The zero-order valence-electron chi connectivity index (χ0n) is 13.7. The molecule has 0 bridgehead atoms. The predicted molar refractivity (Wildman–Crippen MR) is 91.0 cm³/mol. The number of hydrogen-bond donors (Lipinski definition) is 2. The molecule has 0 saturated carbocycles. The molecule has 0 amide bonds. The molecular formula is C20H20O4. The number of phenols is 2. The first-order valence-corrected chi connectivity index (χ1v) is 8.14. The molecule has 0 fully saturated rings. The Morgan fingerprint density at radius 1 is 1.12 bits per heavy atom. The van der Waals surface area contributed by atoms with Gasteiger partial charge in [0, 0.05) is 23.3 Å². The Hall–Kier alpha value is -2.62. The van der Waals surface area contributed by atoms with Gasteiger partial charge in [-0.3, -0.25) is 0 Å². The summed E-state index contributed by atoms with van der Waals surface area (Å²) >= 11 is 0. The number of fused-ring (bicyclic) bond motifs is 5. The molecule has 2 aromatic carbocycles. The first-order valence-electron chi connectivity index (χ1n) is 8.14. The Morgan fingerprint density at radius 2 is 1.96 bits per heavy atom. The van der Waals surface area contributed by atoms with Gasteiger partial charge in [0.2, 0.25) is 0 Å². The van der Waals surface area contributed by atoms with Crippen molar-refractivity contribution in [1.29, 1.82) is 0 Å². The van der Waals surface area contributed by atoms with Gasteiger partial charge in [-0.2, -0.15) is 0 Å². The second-order valence-electron chi connectivity index (χ2n) is 6.68. The molecule has 2 aliphatic heterocycles. The lowest BCUT2D eigenvalue weighted by molar-refractivity contribution is 0.139. The first-order chi connectivity index (χ1) is 11.5. The van der Waals surface area contributed by atoms with Gasteiger partial charge < -0.3 is 19.7 Å². The molecular weight excluding hydrogens is 304 g/mol. The molecule has 124 valence electrons. The minimum absolute atomic E-state index is 0.106. The van der Waals surface area contributed by atoms with Gasteiger partial charge in [-0.15, -0.1) is 0 Å². The molecule has 0 aromatic heterocycles. The van der Waals surface area contributed by atoms with E-state index >= 15 is 0 Å². The SMILES string of the molecule is CC(C)=CCc1cc2c(cc1O)OC[C@@H]1c3ccc(O)cc3O[C@H]21. The fraction of sp³-hybridized carbons (Fsp3) is 0.300. The third-order valence-electron chi connectivity index (χ3n) is 4.68. The van der Waals surface area contributed by atoms with Crippen molar-refractivity contribution in [3.63, 3.8) is 0 Å². The van der Waals surface area contributed by atoms with Crippen molar-refractivity contribution in [3.8, 4) is 23.0 Å². The average Bonchev–Trinajstić information content (AvgIpc) is 2.90. The normalized spacial score (nSPS) is 20.2. The van der Waals surface area contributed by atoms with Crippen LogP contribution in [0.3, 0.4) is 0 Å². The molecule has 2 aromatic rings. The summed E-state index contributed by atoms with van der Waals surface area (Å²) in [6.45, 7) is 4.58. The zero-order valence-corrected chi connectivity index (χ0v) is 13.7. The molecule has 0 unspecified atom stereocenters. The second kappa shape index (κ2) is 5.48. The number of hydrogen-bond acceptors (Lipinski definition) is 4. The number of phenolic OH excluding ortho intramolecular Hbond substituents is 2. The molecule has 4 rings (SSSR count). The molecule has 4 heteroatoms. The smallest absolute Gasteiger partial charge is 0.138 e. The third kappa shape index (κ3) is 2.39. The number of benzene rings is 2. The van der Waals surface area contributed by atoms with Crippen LogP contribution in [0.25, 0.3) is 0 Å². The van der Waals surface area contributed by atoms with Crippen molar-refractivity contribution in [2.24, 2.45) is 0 Å². The van der Waals surface area contributed by atoms with Crippen LogP contribution in [0.4, 0.5) is 0 Å². The van der Waals surface area contributed by atoms with Gasteiger partial charge >= 0.3 is 0 Å². The lowest BCUT2D eigenvalue weighted by atomic mass is 9.88. The molecule has 2 heterocycles. The summed E-state index contributed by atoms with van der Waals surface area (Å²) in [5.41, 5.74) is 4.09. The standard InChI is InChI=1S/C20H20O4/c1-11(2)3-4-12-7-15-18(9-17(12)22)23-10-16-14-6-5-13(21)8-19(14)24-20(15)16/h3,5-9,16,20-22H,4,10H2,1-2H3/t16-,20-/m1/s1. The number of allylic oxidation sites excluding steroid dienone is 2. The van der Waals surface area contributed by atoms with Gasteiger partial charge in [0.25, 0.3) is 0 Å². The van der Waals surface area contributed by atoms with E-state index in [0.29, 0.717) is 24.5 Å². The quantitative estimate of drug-likeness (QED) is 0.812. The Balaban J connectivity index is 1.74. The highest BCUT2D eigenvalue weighted by molar-refractivity contribution is 5.54. The summed E-state index contributed by atoms with van der Waals surface area (Å²) in [6, 6.07) is 8.89. The first kappa shape index (κ1) is 14.9. The van der Waals surface area contributed by atoms with Crippen LogP contribution < -0.4 is 9.47 Å². The van der Waals surface area contributed by atoms with E-state index in [2.05, 4.69) is 6.08 Å². The van der Waals surface area contributed by atoms with Gasteiger partial charge in [0.05, 0.1) is 12.5 Å². The molecule has 0 aliphatic carbocycles. The van der Waals surface area contributed by atoms with Crippen molar-refractivity contribution >= 4 is 0 Å². The zero-order chi connectivity index (χ0) is 16.8. The van der Waals surface area contributed by atoms with Crippen LogP contribution in [0.1, 0.15) is 42.6 Å². The summed E-state index contributed by atoms with van der Waals surface area (Å²) in [6.07, 6.45) is 2.62. The Kier molecular flexibility index (Phi) is 3.41. The van der Waals surface area contributed by atoms with Crippen LogP contribution in [-0.4, -0.2) is 16.8 Å². The van der Waals surface area contributed by atoms with Crippen LogP contribution in [0.5, 0.6) is 23.0 Å². The number of aromatic hydroxyl groups is 2. The molecule has 24 heavy (non-hydrogen) atoms. The maximum absolute atomic E-state index is 10.2. The van der Waals surface area contributed by atoms with Crippen LogP contribution in [0, 0.1) is 0 Å². The van der Waals surface area contributed by atoms with Crippen LogP contribution in [0.2, 0.25) is 0 Å². The summed E-state index contributed by atoms with van der Waals surface area (Å²) in [7, 11) is 0. The van der Waals surface area contributed by atoms with Gasteiger partial charge in [0.15, 0.2) is 0 Å². The van der Waals surface area contributed by atoms with E-state index in [0.717, 1.165) is 16.7 Å². The summed E-state index contributed by atoms with van der Waals surface area (Å²) in [5, 5.41) is 19.9. The van der Waals surface area contributed by atoms with Gasteiger partial charge in [-0.25, -0.2) is 0 Å². The van der Waals surface area contributed by atoms with Crippen molar-refractivity contribution in [3.05, 3.63) is 58.7 Å². The highest BCUT2D eigenvalue weighted by Crippen LogP contribution is 2.52. The van der Waals surface area contributed by atoms with Crippen molar-refractivity contribution < 1.29 is 19.7 Å². The fourth-order valence-electron chi connectivity index (χ4n) is 3.41. The van der Waals surface area contributed by atoms with E-state index < -0.39 is 0 Å². The molecule has 2 N–H and O–H groups in total. The fourth-order valence-corrected chi connectivity index (χ4v) is 3.41. The van der Waals surface area contributed by atoms with E-state index in [-0.39, 0.29) is 23.5 Å². The highest BCUT2D eigenvalue weighted by Gasteiger charge is 2.41. The summed E-state index contributed by atoms with van der Waals surface area (Å²) < 4.78 is 12.0. The third-order valence-corrected chi connectivity index (χ3v) is 4.68. The monoisotopic (exact) mass is 324 g/mol. The minimum atomic E-state index is -0.142. The molecule has 0 saturated heterocycles. The number of rotatable bonds is 2. The minimum Gasteiger partial charge on any atom is -0.508 e. The predicted octanol–water partition coefficient (Wildman–Crippen LogP) is 4.22. The van der Waals surface area contributed by atoms with Gasteiger partial charge in [-0.1, -0.05) is 17.7 Å². The maximum atomic E-state index is 10.2. The lowest BCUT2D eigenvalue weighted by Gasteiger charge is -2.28. The molecule has 0 radical (unpaired) electrons. The van der Waals surface area contributed by atoms with E-state index in [1.165, 1.54) is 5.57 Å². The molecule has 0 spiro atoms. The van der Waals surface area contributed by atoms with Crippen LogP contribution in [0.15, 0.2) is 42.0 Å². The van der Waals surface area contributed by atoms with E-state index in [9.17, 15) is 10.2 Å². The Morgan fingerprint density at radius 3 is 2.75 bits per heavy atom. The van der Waals surface area contributed by atoms with E-state index in [1.54, 1.807) is 18.2 Å². The molecule has 2 aliphatic rings. The Bertz CT molecular complexity index is 834. The van der Waals surface area contributed by atoms with Gasteiger partial charge in [0.1, 0.15) is 29.1 Å². The van der Waals surface area contributed by atoms with Crippen LogP contribution in [-0.2, 0) is 6.42 Å².